The first-order valence-electron chi connectivity index (χ1n) is 6.08. The molecule has 1 aliphatic rings. The number of carbonyl (C=O) groups is 1. The Labute approximate surface area is 104 Å². The van der Waals surface area contributed by atoms with E-state index in [-0.39, 0.29) is 18.8 Å². The van der Waals surface area contributed by atoms with Gasteiger partial charge in [0, 0.05) is 19.9 Å². The lowest BCUT2D eigenvalue weighted by Crippen LogP contribution is -2.25. The van der Waals surface area contributed by atoms with Crippen LogP contribution in [-0.4, -0.2) is 21.6 Å². The van der Waals surface area contributed by atoms with Gasteiger partial charge in [0.2, 0.25) is 5.92 Å². The minimum absolute atomic E-state index is 0.0484. The normalized spacial score (nSPS) is 19.9. The standard InChI is InChI=1S/C12H17F2N3O/c1-17-10(11(15)18)7-9(16-17)6-8-2-4-12(13,14)5-3-8/h7-8H,2-6H2,1H3,(H2,15,18). The molecule has 1 saturated carbocycles. The van der Waals surface area contributed by atoms with Crippen LogP contribution in [0.3, 0.4) is 0 Å². The van der Waals surface area contributed by atoms with Gasteiger partial charge in [0.1, 0.15) is 5.69 Å². The molecule has 0 radical (unpaired) electrons. The van der Waals surface area contributed by atoms with Crippen molar-refractivity contribution in [2.24, 2.45) is 18.7 Å². The van der Waals surface area contributed by atoms with E-state index in [1.807, 2.05) is 0 Å². The molecule has 0 aromatic carbocycles. The van der Waals surface area contributed by atoms with E-state index < -0.39 is 11.8 Å². The fraction of sp³-hybridized carbons (Fsp3) is 0.667. The van der Waals surface area contributed by atoms with Crippen LogP contribution in [0, 0.1) is 5.92 Å². The second kappa shape index (κ2) is 4.66. The number of halogens is 2. The quantitative estimate of drug-likeness (QED) is 0.898. The van der Waals surface area contributed by atoms with Crippen molar-refractivity contribution >= 4 is 5.91 Å². The van der Waals surface area contributed by atoms with E-state index in [1.165, 1.54) is 4.68 Å². The van der Waals surface area contributed by atoms with Gasteiger partial charge >= 0.3 is 0 Å². The van der Waals surface area contributed by atoms with Gasteiger partial charge in [0.05, 0.1) is 5.69 Å². The minimum atomic E-state index is -2.50. The Hall–Kier alpha value is -1.46. The van der Waals surface area contributed by atoms with Crippen molar-refractivity contribution in [1.29, 1.82) is 0 Å². The Kier molecular flexibility index (Phi) is 3.36. The van der Waals surface area contributed by atoms with Crippen LogP contribution in [0.25, 0.3) is 0 Å². The van der Waals surface area contributed by atoms with Crippen LogP contribution in [-0.2, 0) is 13.5 Å². The molecule has 0 unspecified atom stereocenters. The van der Waals surface area contributed by atoms with Crippen LogP contribution < -0.4 is 5.73 Å². The molecule has 1 aromatic heterocycles. The van der Waals surface area contributed by atoms with Gasteiger partial charge < -0.3 is 5.73 Å². The molecular formula is C12H17F2N3O. The summed E-state index contributed by atoms with van der Waals surface area (Å²) < 4.78 is 27.5. The summed E-state index contributed by atoms with van der Waals surface area (Å²) in [5.74, 6) is -2.80. The van der Waals surface area contributed by atoms with Gasteiger partial charge in [-0.2, -0.15) is 5.10 Å². The van der Waals surface area contributed by atoms with E-state index in [1.54, 1.807) is 13.1 Å². The Balaban J connectivity index is 1.98. The second-order valence-electron chi connectivity index (χ2n) is 5.01. The zero-order valence-corrected chi connectivity index (χ0v) is 10.3. The molecule has 0 spiro atoms. The van der Waals surface area contributed by atoms with Crippen LogP contribution in [0.5, 0.6) is 0 Å². The van der Waals surface area contributed by atoms with Gasteiger partial charge in [0.25, 0.3) is 5.91 Å². The van der Waals surface area contributed by atoms with E-state index in [4.69, 9.17) is 5.73 Å². The van der Waals surface area contributed by atoms with Gasteiger partial charge in [-0.05, 0) is 31.2 Å². The van der Waals surface area contributed by atoms with Crippen LogP contribution in [0.2, 0.25) is 0 Å². The predicted molar refractivity (Wildman–Crippen MR) is 62.3 cm³/mol. The molecule has 1 fully saturated rings. The molecule has 0 bridgehead atoms. The average Bonchev–Trinajstić information content (AvgIpc) is 2.63. The van der Waals surface area contributed by atoms with Crippen molar-refractivity contribution < 1.29 is 13.6 Å². The molecular weight excluding hydrogens is 240 g/mol. The third-order valence-electron chi connectivity index (χ3n) is 3.52. The van der Waals surface area contributed by atoms with E-state index in [9.17, 15) is 13.6 Å². The number of aryl methyl sites for hydroxylation is 1. The number of carbonyl (C=O) groups excluding carboxylic acids is 1. The number of hydrogen-bond acceptors (Lipinski definition) is 2. The predicted octanol–water partition coefficient (Wildman–Crippen LogP) is 1.89. The van der Waals surface area contributed by atoms with Crippen LogP contribution in [0.15, 0.2) is 6.07 Å². The molecule has 2 rings (SSSR count). The van der Waals surface area contributed by atoms with E-state index in [2.05, 4.69) is 5.10 Å². The van der Waals surface area contributed by atoms with Crippen molar-refractivity contribution in [2.45, 2.75) is 38.0 Å². The van der Waals surface area contributed by atoms with E-state index >= 15 is 0 Å². The number of primary amides is 1. The third kappa shape index (κ3) is 2.86. The molecule has 1 aromatic rings. The third-order valence-corrected chi connectivity index (χ3v) is 3.52. The molecule has 6 heteroatoms. The molecule has 1 aliphatic carbocycles. The molecule has 2 N–H and O–H groups in total. The van der Waals surface area contributed by atoms with Crippen LogP contribution in [0.4, 0.5) is 8.78 Å². The molecule has 100 valence electrons. The molecule has 0 saturated heterocycles. The van der Waals surface area contributed by atoms with Gasteiger partial charge in [-0.1, -0.05) is 0 Å². The average molecular weight is 257 g/mol. The molecule has 18 heavy (non-hydrogen) atoms. The van der Waals surface area contributed by atoms with Gasteiger partial charge in [-0.15, -0.1) is 0 Å². The summed E-state index contributed by atoms with van der Waals surface area (Å²) in [5.41, 5.74) is 6.30. The lowest BCUT2D eigenvalue weighted by molar-refractivity contribution is -0.0457. The lowest BCUT2D eigenvalue weighted by Gasteiger charge is -2.27. The Morgan fingerprint density at radius 3 is 2.67 bits per heavy atom. The van der Waals surface area contributed by atoms with Crippen molar-refractivity contribution in [3.63, 3.8) is 0 Å². The van der Waals surface area contributed by atoms with Crippen molar-refractivity contribution in [2.75, 3.05) is 0 Å². The molecule has 4 nitrogen and oxygen atoms in total. The van der Waals surface area contributed by atoms with Crippen molar-refractivity contribution in [3.05, 3.63) is 17.5 Å². The van der Waals surface area contributed by atoms with Gasteiger partial charge in [0.15, 0.2) is 0 Å². The number of rotatable bonds is 3. The van der Waals surface area contributed by atoms with Crippen molar-refractivity contribution in [1.82, 2.24) is 9.78 Å². The Morgan fingerprint density at radius 2 is 2.17 bits per heavy atom. The fourth-order valence-corrected chi connectivity index (χ4v) is 2.46. The monoisotopic (exact) mass is 257 g/mol. The molecule has 0 atom stereocenters. The highest BCUT2D eigenvalue weighted by Crippen LogP contribution is 2.37. The fourth-order valence-electron chi connectivity index (χ4n) is 2.46. The summed E-state index contributed by atoms with van der Waals surface area (Å²) in [7, 11) is 1.65. The molecule has 0 aliphatic heterocycles. The summed E-state index contributed by atoms with van der Waals surface area (Å²) in [6.07, 6.45) is 1.56. The highest BCUT2D eigenvalue weighted by molar-refractivity contribution is 5.91. The smallest absolute Gasteiger partial charge is 0.266 e. The van der Waals surface area contributed by atoms with Gasteiger partial charge in [-0.3, -0.25) is 9.48 Å². The Morgan fingerprint density at radius 1 is 1.56 bits per heavy atom. The maximum atomic E-state index is 13.0. The second-order valence-corrected chi connectivity index (χ2v) is 5.01. The largest absolute Gasteiger partial charge is 0.364 e. The van der Waals surface area contributed by atoms with Gasteiger partial charge in [-0.25, -0.2) is 8.78 Å². The summed E-state index contributed by atoms with van der Waals surface area (Å²) in [4.78, 5) is 11.1. The summed E-state index contributed by atoms with van der Waals surface area (Å²) >= 11 is 0. The zero-order valence-electron chi connectivity index (χ0n) is 10.3. The molecule has 1 heterocycles. The topological polar surface area (TPSA) is 60.9 Å². The maximum absolute atomic E-state index is 13.0. The van der Waals surface area contributed by atoms with Crippen LogP contribution >= 0.6 is 0 Å². The first kappa shape index (κ1) is 13.0. The number of aromatic nitrogens is 2. The first-order chi connectivity index (χ1) is 8.37. The van der Waals surface area contributed by atoms with E-state index in [0.717, 1.165) is 5.69 Å². The minimum Gasteiger partial charge on any atom is -0.364 e. The maximum Gasteiger partial charge on any atom is 0.266 e. The van der Waals surface area contributed by atoms with E-state index in [0.29, 0.717) is 25.0 Å². The number of amides is 1. The van der Waals surface area contributed by atoms with Crippen LogP contribution in [0.1, 0.15) is 41.9 Å². The lowest BCUT2D eigenvalue weighted by atomic mass is 9.84. The summed E-state index contributed by atoms with van der Waals surface area (Å²) in [5, 5.41) is 4.19. The zero-order chi connectivity index (χ0) is 13.3. The SMILES string of the molecule is Cn1nc(CC2CCC(F)(F)CC2)cc1C(N)=O. The highest BCUT2D eigenvalue weighted by Gasteiger charge is 2.35. The Bertz CT molecular complexity index is 446. The number of alkyl halides is 2. The summed E-state index contributed by atoms with van der Waals surface area (Å²) in [6.45, 7) is 0. The number of nitrogens with zero attached hydrogens (tertiary/aromatic N) is 2. The molecule has 1 amide bonds. The highest BCUT2D eigenvalue weighted by atomic mass is 19.3. The number of hydrogen-bond donors (Lipinski definition) is 1. The summed E-state index contributed by atoms with van der Waals surface area (Å²) in [6, 6.07) is 1.65. The number of nitrogens with two attached hydrogens (primary N) is 1. The first-order valence-corrected chi connectivity index (χ1v) is 6.08. The van der Waals surface area contributed by atoms with Crippen molar-refractivity contribution in [3.8, 4) is 0 Å².